The zero-order valence-electron chi connectivity index (χ0n) is 13.9. The molecule has 0 spiro atoms. The van der Waals surface area contributed by atoms with Crippen molar-refractivity contribution in [2.75, 3.05) is 40.6 Å². The van der Waals surface area contributed by atoms with Crippen LogP contribution in [0, 0.1) is 5.92 Å². The van der Waals surface area contributed by atoms with Crippen LogP contribution in [0.5, 0.6) is 11.5 Å². The van der Waals surface area contributed by atoms with Crippen LogP contribution in [0.25, 0.3) is 0 Å². The molecule has 0 radical (unpaired) electrons. The van der Waals surface area contributed by atoms with Gasteiger partial charge in [0.2, 0.25) is 6.79 Å². The summed E-state index contributed by atoms with van der Waals surface area (Å²) < 4.78 is 16.4. The maximum Gasteiger partial charge on any atom is 0.231 e. The Balaban J connectivity index is 1.43. The number of guanidine groups is 1. The van der Waals surface area contributed by atoms with Gasteiger partial charge in [-0.2, -0.15) is 0 Å². The van der Waals surface area contributed by atoms with Crippen molar-refractivity contribution in [3.63, 3.8) is 0 Å². The van der Waals surface area contributed by atoms with Crippen molar-refractivity contribution in [3.05, 3.63) is 23.8 Å². The Labute approximate surface area is 137 Å². The predicted molar refractivity (Wildman–Crippen MR) is 88.9 cm³/mol. The highest BCUT2D eigenvalue weighted by Gasteiger charge is 2.21. The van der Waals surface area contributed by atoms with Crippen molar-refractivity contribution >= 4 is 5.96 Å². The molecule has 6 heteroatoms. The van der Waals surface area contributed by atoms with E-state index >= 15 is 0 Å². The van der Waals surface area contributed by atoms with E-state index < -0.39 is 0 Å². The summed E-state index contributed by atoms with van der Waals surface area (Å²) in [7, 11) is 3.82. The zero-order valence-corrected chi connectivity index (χ0v) is 13.9. The summed E-state index contributed by atoms with van der Waals surface area (Å²) in [6.45, 7) is 3.45. The van der Waals surface area contributed by atoms with E-state index in [0.717, 1.165) is 48.7 Å². The minimum atomic E-state index is 0.303. The molecular weight excluding hydrogens is 294 g/mol. The Morgan fingerprint density at radius 2 is 2.17 bits per heavy atom. The Morgan fingerprint density at radius 1 is 1.35 bits per heavy atom. The SMILES string of the molecule is CN=C(NCc1ccc2c(c1)OCO2)N(C)CCOCC1CC1. The third kappa shape index (κ3) is 4.51. The topological polar surface area (TPSA) is 55.3 Å². The van der Waals surface area contributed by atoms with Gasteiger partial charge in [0, 0.05) is 33.8 Å². The molecule has 3 rings (SSSR count). The minimum Gasteiger partial charge on any atom is -0.454 e. The van der Waals surface area contributed by atoms with Gasteiger partial charge >= 0.3 is 0 Å². The zero-order chi connectivity index (χ0) is 16.1. The molecule has 0 atom stereocenters. The van der Waals surface area contributed by atoms with Crippen molar-refractivity contribution < 1.29 is 14.2 Å². The molecule has 0 unspecified atom stereocenters. The molecule has 1 aromatic carbocycles. The second-order valence-electron chi connectivity index (χ2n) is 6.03. The lowest BCUT2D eigenvalue weighted by atomic mass is 10.2. The van der Waals surface area contributed by atoms with Gasteiger partial charge in [0.1, 0.15) is 0 Å². The second-order valence-corrected chi connectivity index (χ2v) is 6.03. The number of hydrogen-bond acceptors (Lipinski definition) is 4. The standard InChI is InChI=1S/C17H25N3O3/c1-18-17(20(2)7-8-21-11-13-3-4-13)19-10-14-5-6-15-16(9-14)23-12-22-15/h5-6,9,13H,3-4,7-8,10-12H2,1-2H3,(H,18,19). The third-order valence-electron chi connectivity index (χ3n) is 4.08. The Hall–Kier alpha value is -1.95. The van der Waals surface area contributed by atoms with Crippen LogP contribution < -0.4 is 14.8 Å². The molecule has 6 nitrogen and oxygen atoms in total. The largest absolute Gasteiger partial charge is 0.454 e. The molecule has 23 heavy (non-hydrogen) atoms. The maximum absolute atomic E-state index is 5.68. The minimum absolute atomic E-state index is 0.303. The Morgan fingerprint density at radius 3 is 2.96 bits per heavy atom. The molecule has 0 saturated heterocycles. The van der Waals surface area contributed by atoms with E-state index in [4.69, 9.17) is 14.2 Å². The predicted octanol–water partition coefficient (Wildman–Crippen LogP) is 1.85. The van der Waals surface area contributed by atoms with Crippen LogP contribution in [0.3, 0.4) is 0 Å². The van der Waals surface area contributed by atoms with Crippen molar-refractivity contribution in [1.82, 2.24) is 10.2 Å². The second kappa shape index (κ2) is 7.55. The van der Waals surface area contributed by atoms with Crippen LogP contribution in [-0.4, -0.2) is 51.5 Å². The van der Waals surface area contributed by atoms with Gasteiger partial charge in [-0.1, -0.05) is 6.07 Å². The van der Waals surface area contributed by atoms with Gasteiger partial charge in [-0.3, -0.25) is 4.99 Å². The molecule has 1 aliphatic heterocycles. The first-order valence-electron chi connectivity index (χ1n) is 8.14. The summed E-state index contributed by atoms with van der Waals surface area (Å²) in [6, 6.07) is 5.98. The number of benzene rings is 1. The molecule has 1 aliphatic carbocycles. The van der Waals surface area contributed by atoms with E-state index in [0.29, 0.717) is 13.3 Å². The average Bonchev–Trinajstić information content (AvgIpc) is 3.27. The van der Waals surface area contributed by atoms with Crippen LogP contribution in [0.4, 0.5) is 0 Å². The van der Waals surface area contributed by atoms with E-state index in [-0.39, 0.29) is 0 Å². The summed E-state index contributed by atoms with van der Waals surface area (Å²) in [6.07, 6.45) is 2.66. The molecule has 1 heterocycles. The molecule has 0 aromatic heterocycles. The molecule has 1 aromatic rings. The number of aliphatic imine (C=N–C) groups is 1. The summed E-state index contributed by atoms with van der Waals surface area (Å²) in [5.74, 6) is 3.28. The number of fused-ring (bicyclic) bond motifs is 1. The normalized spacial score (nSPS) is 16.5. The molecule has 1 fully saturated rings. The number of likely N-dealkylation sites (N-methyl/N-ethyl adjacent to an activating group) is 1. The van der Waals surface area contributed by atoms with Crippen molar-refractivity contribution in [1.29, 1.82) is 0 Å². The molecule has 126 valence electrons. The number of hydrogen-bond donors (Lipinski definition) is 1. The van der Waals surface area contributed by atoms with E-state index in [1.807, 2.05) is 25.2 Å². The summed E-state index contributed by atoms with van der Waals surface area (Å²) in [5.41, 5.74) is 1.13. The van der Waals surface area contributed by atoms with Crippen molar-refractivity contribution in [2.24, 2.45) is 10.9 Å². The Bertz CT molecular complexity index is 558. The fourth-order valence-corrected chi connectivity index (χ4v) is 2.46. The van der Waals surface area contributed by atoms with Gasteiger partial charge in [0.25, 0.3) is 0 Å². The first-order chi connectivity index (χ1) is 11.3. The molecule has 0 amide bonds. The lowest BCUT2D eigenvalue weighted by Crippen LogP contribution is -2.40. The third-order valence-corrected chi connectivity index (χ3v) is 4.08. The average molecular weight is 319 g/mol. The van der Waals surface area contributed by atoms with E-state index in [2.05, 4.69) is 15.2 Å². The summed E-state index contributed by atoms with van der Waals surface area (Å²) in [4.78, 5) is 6.40. The monoisotopic (exact) mass is 319 g/mol. The van der Waals surface area contributed by atoms with Gasteiger partial charge in [0.05, 0.1) is 6.61 Å². The summed E-state index contributed by atoms with van der Waals surface area (Å²) >= 11 is 0. The first-order valence-corrected chi connectivity index (χ1v) is 8.14. The first kappa shape index (κ1) is 15.9. The van der Waals surface area contributed by atoms with Crippen LogP contribution in [0.15, 0.2) is 23.2 Å². The molecule has 1 N–H and O–H groups in total. The quantitative estimate of drug-likeness (QED) is 0.472. The highest BCUT2D eigenvalue weighted by atomic mass is 16.7. The smallest absolute Gasteiger partial charge is 0.231 e. The lowest BCUT2D eigenvalue weighted by molar-refractivity contribution is 0.115. The van der Waals surface area contributed by atoms with Gasteiger partial charge < -0.3 is 24.4 Å². The van der Waals surface area contributed by atoms with Gasteiger partial charge in [-0.05, 0) is 36.5 Å². The molecule has 2 aliphatic rings. The molecule has 0 bridgehead atoms. The van der Waals surface area contributed by atoms with Crippen molar-refractivity contribution in [2.45, 2.75) is 19.4 Å². The van der Waals surface area contributed by atoms with Gasteiger partial charge in [-0.15, -0.1) is 0 Å². The number of rotatable bonds is 7. The van der Waals surface area contributed by atoms with Gasteiger partial charge in [0.15, 0.2) is 17.5 Å². The van der Waals surface area contributed by atoms with Gasteiger partial charge in [-0.25, -0.2) is 0 Å². The fraction of sp³-hybridized carbons (Fsp3) is 0.588. The van der Waals surface area contributed by atoms with Crippen LogP contribution >= 0.6 is 0 Å². The number of nitrogens with zero attached hydrogens (tertiary/aromatic N) is 2. The highest BCUT2D eigenvalue weighted by Crippen LogP contribution is 2.32. The van der Waals surface area contributed by atoms with E-state index in [1.54, 1.807) is 7.05 Å². The van der Waals surface area contributed by atoms with Crippen LogP contribution in [0.2, 0.25) is 0 Å². The highest BCUT2D eigenvalue weighted by molar-refractivity contribution is 5.79. The lowest BCUT2D eigenvalue weighted by Gasteiger charge is -2.22. The fourth-order valence-electron chi connectivity index (χ4n) is 2.46. The number of nitrogens with one attached hydrogen (secondary N) is 1. The molecular formula is C17H25N3O3. The van der Waals surface area contributed by atoms with Crippen LogP contribution in [-0.2, 0) is 11.3 Å². The summed E-state index contributed by atoms with van der Waals surface area (Å²) in [5, 5.41) is 3.36. The maximum atomic E-state index is 5.68. The van der Waals surface area contributed by atoms with Crippen molar-refractivity contribution in [3.8, 4) is 11.5 Å². The van der Waals surface area contributed by atoms with E-state index in [9.17, 15) is 0 Å². The number of ether oxygens (including phenoxy) is 3. The van der Waals surface area contributed by atoms with Crippen LogP contribution in [0.1, 0.15) is 18.4 Å². The van der Waals surface area contributed by atoms with E-state index in [1.165, 1.54) is 12.8 Å². The Kier molecular flexibility index (Phi) is 5.23. The molecule has 1 saturated carbocycles.